The number of rotatable bonds is 6. The lowest BCUT2D eigenvalue weighted by Crippen LogP contribution is -2.34. The van der Waals surface area contributed by atoms with Crippen molar-refractivity contribution in [2.24, 2.45) is 0 Å². The highest BCUT2D eigenvalue weighted by molar-refractivity contribution is 6.05. The van der Waals surface area contributed by atoms with Gasteiger partial charge >= 0.3 is 5.97 Å². The van der Waals surface area contributed by atoms with Crippen LogP contribution in [-0.4, -0.2) is 39.8 Å². The van der Waals surface area contributed by atoms with Gasteiger partial charge in [-0.1, -0.05) is 0 Å². The third kappa shape index (κ3) is 3.65. The molecule has 0 radical (unpaired) electrons. The Morgan fingerprint density at radius 1 is 1.36 bits per heavy atom. The summed E-state index contributed by atoms with van der Waals surface area (Å²) in [6.07, 6.45) is 4.04. The van der Waals surface area contributed by atoms with Crippen LogP contribution in [0, 0.1) is 0 Å². The minimum absolute atomic E-state index is 0.136. The molecule has 25 heavy (non-hydrogen) atoms. The molecule has 134 valence electrons. The largest absolute Gasteiger partial charge is 0.469 e. The molecule has 0 saturated heterocycles. The number of carbonyl (C=O) groups excluding carboxylic acids is 2. The zero-order valence-corrected chi connectivity index (χ0v) is 15.1. The quantitative estimate of drug-likeness (QED) is 0.814. The molecule has 1 aliphatic rings. The van der Waals surface area contributed by atoms with Crippen LogP contribution >= 0.6 is 0 Å². The molecule has 0 aliphatic heterocycles. The van der Waals surface area contributed by atoms with E-state index < -0.39 is 0 Å². The smallest absolute Gasteiger partial charge is 0.307 e. The van der Waals surface area contributed by atoms with E-state index in [0.717, 1.165) is 29.6 Å². The van der Waals surface area contributed by atoms with Gasteiger partial charge in [-0.05, 0) is 39.7 Å². The van der Waals surface area contributed by atoms with Crippen LogP contribution in [0.25, 0.3) is 11.0 Å². The van der Waals surface area contributed by atoms with Crippen LogP contribution in [-0.2, 0) is 9.53 Å². The van der Waals surface area contributed by atoms with E-state index in [2.05, 4.69) is 15.2 Å². The average molecular weight is 344 g/mol. The number of ether oxygens (including phenoxy) is 1. The average Bonchev–Trinajstić information content (AvgIpc) is 3.32. The fourth-order valence-corrected chi connectivity index (χ4v) is 2.88. The molecule has 0 bridgehead atoms. The van der Waals surface area contributed by atoms with Crippen molar-refractivity contribution in [3.63, 3.8) is 0 Å². The number of hydrogen-bond donors (Lipinski definition) is 1. The fourth-order valence-electron chi connectivity index (χ4n) is 2.88. The summed E-state index contributed by atoms with van der Waals surface area (Å²) in [5, 5.41) is 8.01. The van der Waals surface area contributed by atoms with Crippen LogP contribution in [0.4, 0.5) is 0 Å². The Bertz CT molecular complexity index is 808. The summed E-state index contributed by atoms with van der Waals surface area (Å²) in [7, 11) is 1.34. The number of pyridine rings is 1. The zero-order valence-electron chi connectivity index (χ0n) is 15.1. The van der Waals surface area contributed by atoms with E-state index in [0.29, 0.717) is 11.5 Å². The van der Waals surface area contributed by atoms with Crippen LogP contribution in [0.5, 0.6) is 0 Å². The predicted molar refractivity (Wildman–Crippen MR) is 93.4 cm³/mol. The van der Waals surface area contributed by atoms with Gasteiger partial charge in [0.05, 0.1) is 30.7 Å². The SMILES string of the molecule is COC(=O)CC(C)NC(=O)c1cc(C2CC2)nc2c1cnn2C(C)C. The lowest BCUT2D eigenvalue weighted by Gasteiger charge is -2.14. The first-order valence-corrected chi connectivity index (χ1v) is 8.66. The van der Waals surface area contributed by atoms with Crippen molar-refractivity contribution in [2.75, 3.05) is 7.11 Å². The molecule has 7 nitrogen and oxygen atoms in total. The van der Waals surface area contributed by atoms with E-state index in [4.69, 9.17) is 4.98 Å². The number of carbonyl (C=O) groups is 2. The molecule has 2 aromatic heterocycles. The summed E-state index contributed by atoms with van der Waals surface area (Å²) in [5.41, 5.74) is 2.25. The van der Waals surface area contributed by atoms with Gasteiger partial charge in [0.2, 0.25) is 0 Å². The molecule has 1 fully saturated rings. The van der Waals surface area contributed by atoms with Crippen LogP contribution < -0.4 is 5.32 Å². The van der Waals surface area contributed by atoms with Gasteiger partial charge in [0.25, 0.3) is 5.91 Å². The van der Waals surface area contributed by atoms with Gasteiger partial charge in [-0.2, -0.15) is 5.10 Å². The van der Waals surface area contributed by atoms with Gasteiger partial charge in [-0.3, -0.25) is 9.59 Å². The molecule has 1 saturated carbocycles. The number of esters is 1. The Hall–Kier alpha value is -2.44. The van der Waals surface area contributed by atoms with Gasteiger partial charge in [-0.15, -0.1) is 0 Å². The van der Waals surface area contributed by atoms with Crippen molar-refractivity contribution in [3.05, 3.63) is 23.5 Å². The minimum atomic E-state index is -0.348. The summed E-state index contributed by atoms with van der Waals surface area (Å²) in [6.45, 7) is 5.86. The van der Waals surface area contributed by atoms with Crippen molar-refractivity contribution < 1.29 is 14.3 Å². The third-order valence-electron chi connectivity index (χ3n) is 4.39. The first-order chi connectivity index (χ1) is 11.9. The molecule has 0 aromatic carbocycles. The zero-order chi connectivity index (χ0) is 18.1. The normalized spacial score (nSPS) is 15.4. The van der Waals surface area contributed by atoms with Crippen LogP contribution in [0.1, 0.15) is 68.0 Å². The summed E-state index contributed by atoms with van der Waals surface area (Å²) in [4.78, 5) is 28.9. The van der Waals surface area contributed by atoms with Crippen molar-refractivity contribution in [1.29, 1.82) is 0 Å². The van der Waals surface area contributed by atoms with E-state index in [1.807, 2.05) is 24.6 Å². The molecule has 1 amide bonds. The number of amides is 1. The maximum atomic E-state index is 12.8. The molecule has 1 aliphatic carbocycles. The Balaban J connectivity index is 1.94. The molecular weight excluding hydrogens is 320 g/mol. The summed E-state index contributed by atoms with van der Waals surface area (Å²) in [6, 6.07) is 1.72. The van der Waals surface area contributed by atoms with Crippen LogP contribution in [0.3, 0.4) is 0 Å². The molecule has 2 aromatic rings. The van der Waals surface area contributed by atoms with Gasteiger partial charge in [0.15, 0.2) is 5.65 Å². The highest BCUT2D eigenvalue weighted by atomic mass is 16.5. The number of hydrogen-bond acceptors (Lipinski definition) is 5. The number of nitrogens with zero attached hydrogens (tertiary/aromatic N) is 3. The Labute approximate surface area is 146 Å². The van der Waals surface area contributed by atoms with Crippen LogP contribution in [0.15, 0.2) is 12.3 Å². The van der Waals surface area contributed by atoms with Crippen molar-refractivity contribution in [2.45, 2.75) is 58.0 Å². The second-order valence-electron chi connectivity index (χ2n) is 6.94. The van der Waals surface area contributed by atoms with E-state index >= 15 is 0 Å². The van der Waals surface area contributed by atoms with Crippen molar-refractivity contribution in [3.8, 4) is 0 Å². The molecule has 7 heteroatoms. The van der Waals surface area contributed by atoms with Gasteiger partial charge < -0.3 is 10.1 Å². The molecule has 2 heterocycles. The topological polar surface area (TPSA) is 86.1 Å². The van der Waals surface area contributed by atoms with E-state index in [1.165, 1.54) is 7.11 Å². The maximum Gasteiger partial charge on any atom is 0.307 e. The summed E-state index contributed by atoms with van der Waals surface area (Å²) in [5.74, 6) is -0.132. The second kappa shape index (κ2) is 6.82. The van der Waals surface area contributed by atoms with E-state index in [9.17, 15) is 9.59 Å². The van der Waals surface area contributed by atoms with Gasteiger partial charge in [0.1, 0.15) is 0 Å². The number of fused-ring (bicyclic) bond motifs is 1. The molecule has 1 N–H and O–H groups in total. The summed E-state index contributed by atoms with van der Waals surface area (Å²) < 4.78 is 6.50. The Morgan fingerprint density at radius 2 is 2.08 bits per heavy atom. The molecule has 0 spiro atoms. The molecule has 3 rings (SSSR count). The lowest BCUT2D eigenvalue weighted by molar-refractivity contribution is -0.141. The van der Waals surface area contributed by atoms with Gasteiger partial charge in [-0.25, -0.2) is 9.67 Å². The molecule has 1 atom stereocenters. The van der Waals surface area contributed by atoms with Crippen molar-refractivity contribution >= 4 is 22.9 Å². The molecular formula is C18H24N4O3. The Morgan fingerprint density at radius 3 is 2.68 bits per heavy atom. The first kappa shape index (κ1) is 17.4. The summed E-state index contributed by atoms with van der Waals surface area (Å²) >= 11 is 0. The third-order valence-corrected chi connectivity index (χ3v) is 4.39. The lowest BCUT2D eigenvalue weighted by atomic mass is 10.1. The standard InChI is InChI=1S/C18H24N4O3/c1-10(2)22-17-14(9-19-22)13(8-15(21-17)12-5-6-12)18(24)20-11(3)7-16(23)25-4/h8-12H,5-7H2,1-4H3,(H,20,24). The maximum absolute atomic E-state index is 12.8. The second-order valence-corrected chi connectivity index (χ2v) is 6.94. The van der Waals surface area contributed by atoms with E-state index in [1.54, 1.807) is 13.1 Å². The highest BCUT2D eigenvalue weighted by Crippen LogP contribution is 2.40. The number of methoxy groups -OCH3 is 1. The highest BCUT2D eigenvalue weighted by Gasteiger charge is 2.28. The van der Waals surface area contributed by atoms with Crippen molar-refractivity contribution in [1.82, 2.24) is 20.1 Å². The minimum Gasteiger partial charge on any atom is -0.469 e. The monoisotopic (exact) mass is 344 g/mol. The fraction of sp³-hybridized carbons (Fsp3) is 0.556. The molecule has 1 unspecified atom stereocenters. The Kier molecular flexibility index (Phi) is 4.74. The van der Waals surface area contributed by atoms with E-state index in [-0.39, 0.29) is 30.4 Å². The predicted octanol–water partition coefficient (Wildman–Crippen LogP) is 2.57. The van der Waals surface area contributed by atoms with Gasteiger partial charge in [0, 0.05) is 23.7 Å². The number of nitrogens with one attached hydrogen (secondary N) is 1. The van der Waals surface area contributed by atoms with Crippen LogP contribution in [0.2, 0.25) is 0 Å². The first-order valence-electron chi connectivity index (χ1n) is 8.66. The number of aromatic nitrogens is 3.